The number of hydrogen-bond acceptors (Lipinski definition) is 3. The van der Waals surface area contributed by atoms with Gasteiger partial charge in [0.05, 0.1) is 0 Å². The van der Waals surface area contributed by atoms with Crippen LogP contribution in [0.15, 0.2) is 170 Å². The summed E-state index contributed by atoms with van der Waals surface area (Å²) >= 11 is 0. The molecule has 1 heterocycles. The largest absolute Gasteiger partial charge is 0.347 e. The van der Waals surface area contributed by atoms with E-state index in [2.05, 4.69) is 30.3 Å². The lowest BCUT2D eigenvalue weighted by atomic mass is 9.86. The van der Waals surface area contributed by atoms with Crippen molar-refractivity contribution in [3.05, 3.63) is 181 Å². The molecule has 47 heavy (non-hydrogen) atoms. The molecule has 0 amide bonds. The molecule has 2 unspecified atom stereocenters. The van der Waals surface area contributed by atoms with Gasteiger partial charge in [0, 0.05) is 32.1 Å². The van der Waals surface area contributed by atoms with E-state index in [0.717, 1.165) is 59.2 Å². The summed E-state index contributed by atoms with van der Waals surface area (Å²) < 4.78 is 37.6. The highest BCUT2D eigenvalue weighted by Gasteiger charge is 2.69. The van der Waals surface area contributed by atoms with Crippen molar-refractivity contribution >= 4 is 68.4 Å². The summed E-state index contributed by atoms with van der Waals surface area (Å²) in [6, 6.07) is 53.8. The standard InChI is InChI=1S/C42H30O3P2/c43-46(30-15-5-1-6-16-30,31-17-7-2-8-18-31)34-25-26-36-38-27-28-42(41(45-42)40(38)37-24-14-13-23-35(37)39(36)29-34)47(44,32-19-9-3-10-20-32)33-21-11-4-12-22-33/h1-29,41H. The third kappa shape index (κ3) is 4.04. The quantitative estimate of drug-likeness (QED) is 0.104. The average molecular weight is 645 g/mol. The second-order valence-corrected chi connectivity index (χ2v) is 18.0. The molecule has 7 aromatic rings. The maximum atomic E-state index is 15.6. The van der Waals surface area contributed by atoms with Crippen molar-refractivity contribution in [2.45, 2.75) is 11.4 Å². The van der Waals surface area contributed by atoms with Crippen molar-refractivity contribution < 1.29 is 13.9 Å². The van der Waals surface area contributed by atoms with Crippen LogP contribution in [0.25, 0.3) is 27.6 Å². The van der Waals surface area contributed by atoms with Gasteiger partial charge in [-0.3, -0.25) is 0 Å². The zero-order valence-electron chi connectivity index (χ0n) is 25.4. The van der Waals surface area contributed by atoms with Gasteiger partial charge >= 0.3 is 0 Å². The number of benzene rings is 7. The highest BCUT2D eigenvalue weighted by Crippen LogP contribution is 2.75. The highest BCUT2D eigenvalue weighted by molar-refractivity contribution is 7.85. The molecular formula is C42H30O3P2. The van der Waals surface area contributed by atoms with Crippen molar-refractivity contribution in [3.8, 4) is 0 Å². The summed E-state index contributed by atoms with van der Waals surface area (Å²) in [5.74, 6) is 0. The SMILES string of the molecule is O=P(c1ccccc1)(c1ccccc1)c1ccc2c3c(c4ccccc4c2c1)C1OC1(P(=O)(c1ccccc1)c1ccccc1)C=C3. The van der Waals surface area contributed by atoms with Gasteiger partial charge in [0.2, 0.25) is 0 Å². The van der Waals surface area contributed by atoms with E-state index >= 15 is 9.13 Å². The predicted molar refractivity (Wildman–Crippen MR) is 196 cm³/mol. The number of rotatable bonds is 6. The summed E-state index contributed by atoms with van der Waals surface area (Å²) in [7, 11) is -6.45. The third-order valence-corrected chi connectivity index (χ3v) is 16.4. The lowest BCUT2D eigenvalue weighted by Gasteiger charge is -2.28. The van der Waals surface area contributed by atoms with Crippen LogP contribution in [-0.4, -0.2) is 5.34 Å². The Hall–Kier alpha value is -4.78. The first-order chi connectivity index (χ1) is 23.1. The fourth-order valence-corrected chi connectivity index (χ4v) is 13.5. The molecule has 0 N–H and O–H groups in total. The predicted octanol–water partition coefficient (Wildman–Crippen LogP) is 8.44. The molecule has 0 radical (unpaired) electrons. The van der Waals surface area contributed by atoms with E-state index in [-0.39, 0.29) is 6.10 Å². The normalized spacial score (nSPS) is 18.5. The van der Waals surface area contributed by atoms with Crippen LogP contribution in [0.1, 0.15) is 17.2 Å². The summed E-state index contributed by atoms with van der Waals surface area (Å²) in [5.41, 5.74) is 2.12. The fourth-order valence-electron chi connectivity index (χ4n) is 7.54. The van der Waals surface area contributed by atoms with Crippen molar-refractivity contribution in [1.29, 1.82) is 0 Å². The van der Waals surface area contributed by atoms with Crippen LogP contribution in [0.2, 0.25) is 0 Å². The summed E-state index contributed by atoms with van der Waals surface area (Å²) in [6.45, 7) is 0. The molecule has 1 aliphatic carbocycles. The van der Waals surface area contributed by atoms with Gasteiger partial charge < -0.3 is 13.9 Å². The minimum atomic E-state index is -3.28. The Bertz CT molecular complexity index is 2350. The minimum Gasteiger partial charge on any atom is -0.347 e. The molecular weight excluding hydrogens is 614 g/mol. The lowest BCUT2D eigenvalue weighted by Crippen LogP contribution is -2.28. The second-order valence-electron chi connectivity index (χ2n) is 12.2. The van der Waals surface area contributed by atoms with E-state index in [4.69, 9.17) is 4.74 Å². The zero-order chi connectivity index (χ0) is 31.6. The van der Waals surface area contributed by atoms with Gasteiger partial charge in [-0.2, -0.15) is 0 Å². The number of epoxide rings is 1. The molecule has 5 heteroatoms. The van der Waals surface area contributed by atoms with Gasteiger partial charge in [0.15, 0.2) is 19.6 Å². The average Bonchev–Trinajstić information content (AvgIpc) is 3.92. The molecule has 0 spiro atoms. The van der Waals surface area contributed by atoms with E-state index in [9.17, 15) is 0 Å². The Kier molecular flexibility index (Phi) is 6.43. The smallest absolute Gasteiger partial charge is 0.180 e. The van der Waals surface area contributed by atoms with E-state index in [1.54, 1.807) is 0 Å². The topological polar surface area (TPSA) is 46.7 Å². The lowest BCUT2D eigenvalue weighted by molar-refractivity contribution is 0.376. The van der Waals surface area contributed by atoms with Crippen LogP contribution in [-0.2, 0) is 13.9 Å². The van der Waals surface area contributed by atoms with Gasteiger partial charge in [-0.1, -0.05) is 164 Å². The van der Waals surface area contributed by atoms with Crippen molar-refractivity contribution in [2.75, 3.05) is 0 Å². The van der Waals surface area contributed by atoms with Crippen LogP contribution >= 0.6 is 14.3 Å². The zero-order valence-corrected chi connectivity index (χ0v) is 27.2. The van der Waals surface area contributed by atoms with E-state index in [1.807, 2.05) is 146 Å². The Morgan fingerprint density at radius 2 is 0.957 bits per heavy atom. The maximum Gasteiger partial charge on any atom is 0.180 e. The van der Waals surface area contributed by atoms with E-state index < -0.39 is 19.6 Å². The van der Waals surface area contributed by atoms with Gasteiger partial charge in [0.25, 0.3) is 0 Å². The van der Waals surface area contributed by atoms with Crippen LogP contribution in [0.4, 0.5) is 0 Å². The summed E-state index contributed by atoms with van der Waals surface area (Å²) in [6.07, 6.45) is 3.78. The second kappa shape index (κ2) is 10.6. The molecule has 1 fully saturated rings. The van der Waals surface area contributed by atoms with Crippen LogP contribution in [0.5, 0.6) is 0 Å². The first kappa shape index (κ1) is 28.4. The van der Waals surface area contributed by atoms with Crippen LogP contribution in [0.3, 0.4) is 0 Å². The molecule has 9 rings (SSSR count). The number of ether oxygens (including phenoxy) is 1. The van der Waals surface area contributed by atoms with Crippen molar-refractivity contribution in [2.24, 2.45) is 0 Å². The van der Waals surface area contributed by atoms with Gasteiger partial charge in [-0.25, -0.2) is 0 Å². The molecule has 1 saturated heterocycles. The maximum absolute atomic E-state index is 15.6. The van der Waals surface area contributed by atoms with Gasteiger partial charge in [0.1, 0.15) is 6.10 Å². The Balaban J connectivity index is 1.27. The van der Waals surface area contributed by atoms with Crippen LogP contribution < -0.4 is 26.5 Å². The molecule has 2 atom stereocenters. The molecule has 1 aliphatic heterocycles. The van der Waals surface area contributed by atoms with Gasteiger partial charge in [-0.05, 0) is 39.3 Å². The monoisotopic (exact) mass is 644 g/mol. The molecule has 0 saturated carbocycles. The molecule has 0 aromatic heterocycles. The summed E-state index contributed by atoms with van der Waals surface area (Å²) in [4.78, 5) is 0. The van der Waals surface area contributed by atoms with E-state index in [0.29, 0.717) is 0 Å². The molecule has 2 aliphatic rings. The number of fused-ring (bicyclic) bond motifs is 8. The fraction of sp³-hybridized carbons (Fsp3) is 0.0476. The van der Waals surface area contributed by atoms with Gasteiger partial charge in [-0.15, -0.1) is 0 Å². The van der Waals surface area contributed by atoms with Crippen molar-refractivity contribution in [3.63, 3.8) is 0 Å². The van der Waals surface area contributed by atoms with E-state index in [1.165, 1.54) is 0 Å². The van der Waals surface area contributed by atoms with Crippen LogP contribution in [0, 0.1) is 0 Å². The highest BCUT2D eigenvalue weighted by atomic mass is 31.2. The number of hydrogen-bond donors (Lipinski definition) is 0. The third-order valence-electron chi connectivity index (χ3n) is 9.80. The first-order valence-corrected chi connectivity index (χ1v) is 19.3. The Labute approximate surface area is 273 Å². The Morgan fingerprint density at radius 3 is 1.51 bits per heavy atom. The summed E-state index contributed by atoms with van der Waals surface area (Å²) in [5, 5.41) is 7.22. The van der Waals surface area contributed by atoms with Crippen molar-refractivity contribution in [1.82, 2.24) is 0 Å². The molecule has 0 bridgehead atoms. The molecule has 226 valence electrons. The molecule has 7 aromatic carbocycles. The molecule has 3 nitrogen and oxygen atoms in total. The Morgan fingerprint density at radius 1 is 0.468 bits per heavy atom. The minimum absolute atomic E-state index is 0.373. The first-order valence-electron chi connectivity index (χ1n) is 15.8.